The van der Waals surface area contributed by atoms with Crippen LogP contribution in [0.4, 0.5) is 0 Å². The predicted molar refractivity (Wildman–Crippen MR) is 76.1 cm³/mol. The van der Waals surface area contributed by atoms with Gasteiger partial charge < -0.3 is 0 Å². The predicted octanol–water partition coefficient (Wildman–Crippen LogP) is 3.27. The summed E-state index contributed by atoms with van der Waals surface area (Å²) in [5.41, 5.74) is 0.939. The molecule has 1 aromatic heterocycles. The van der Waals surface area contributed by atoms with Gasteiger partial charge in [-0.05, 0) is 17.7 Å². The molecule has 0 aliphatic rings. The first-order chi connectivity index (χ1) is 8.60. The van der Waals surface area contributed by atoms with Crippen molar-refractivity contribution in [2.24, 2.45) is 0 Å². The minimum absolute atomic E-state index is 0.116. The maximum absolute atomic E-state index is 11.9. The fraction of sp³-hybridized carbons (Fsp3) is 0.231. The quantitative estimate of drug-likeness (QED) is 0.811. The fourth-order valence-electron chi connectivity index (χ4n) is 1.73. The van der Waals surface area contributed by atoms with Crippen LogP contribution < -0.4 is 5.56 Å². The maximum Gasteiger partial charge on any atom is 0.255 e. The van der Waals surface area contributed by atoms with Gasteiger partial charge in [0.15, 0.2) is 0 Å². The molecule has 0 N–H and O–H groups in total. The Morgan fingerprint density at radius 3 is 2.61 bits per heavy atom. The number of aryl methyl sites for hydroxylation is 1. The van der Waals surface area contributed by atoms with Crippen LogP contribution in [0.1, 0.15) is 18.3 Å². The van der Waals surface area contributed by atoms with Gasteiger partial charge in [0, 0.05) is 17.0 Å². The Morgan fingerprint density at radius 1 is 1.33 bits per heavy atom. The zero-order valence-corrected chi connectivity index (χ0v) is 12.2. The van der Waals surface area contributed by atoms with Crippen LogP contribution in [0.15, 0.2) is 39.6 Å². The first-order valence-electron chi connectivity index (χ1n) is 5.61. The molecule has 94 valence electrons. The van der Waals surface area contributed by atoms with Gasteiger partial charge in [-0.15, -0.1) is 0 Å². The fourth-order valence-corrected chi connectivity index (χ4v) is 2.19. The lowest BCUT2D eigenvalue weighted by Gasteiger charge is -2.10. The number of rotatable bonds is 3. The summed E-state index contributed by atoms with van der Waals surface area (Å²) < 4.78 is 2.67. The van der Waals surface area contributed by atoms with Gasteiger partial charge >= 0.3 is 0 Å². The Hall–Kier alpha value is -1.13. The molecule has 5 heteroatoms. The second kappa shape index (κ2) is 5.67. The van der Waals surface area contributed by atoms with E-state index >= 15 is 0 Å². The second-order valence-electron chi connectivity index (χ2n) is 3.90. The molecule has 18 heavy (non-hydrogen) atoms. The lowest BCUT2D eigenvalue weighted by molar-refractivity contribution is 0.674. The Morgan fingerprint density at radius 2 is 2.00 bits per heavy atom. The highest BCUT2D eigenvalue weighted by atomic mass is 79.9. The third-order valence-electron chi connectivity index (χ3n) is 2.63. The van der Waals surface area contributed by atoms with E-state index in [1.807, 2.05) is 31.2 Å². The van der Waals surface area contributed by atoms with Crippen LogP contribution >= 0.6 is 27.5 Å². The van der Waals surface area contributed by atoms with E-state index in [1.54, 1.807) is 4.57 Å². The summed E-state index contributed by atoms with van der Waals surface area (Å²) in [5.74, 6) is 0.704. The number of aromatic nitrogens is 2. The largest absolute Gasteiger partial charge is 0.292 e. The first-order valence-corrected chi connectivity index (χ1v) is 6.78. The molecule has 1 aromatic carbocycles. The van der Waals surface area contributed by atoms with Crippen LogP contribution in [-0.2, 0) is 13.0 Å². The van der Waals surface area contributed by atoms with Crippen LogP contribution in [0.5, 0.6) is 0 Å². The molecule has 0 saturated carbocycles. The van der Waals surface area contributed by atoms with Crippen molar-refractivity contribution in [2.75, 3.05) is 0 Å². The molecule has 3 nitrogen and oxygen atoms in total. The maximum atomic E-state index is 11.9. The molecule has 0 radical (unpaired) electrons. The van der Waals surface area contributed by atoms with Gasteiger partial charge in [-0.3, -0.25) is 9.36 Å². The van der Waals surface area contributed by atoms with Gasteiger partial charge in [0.1, 0.15) is 11.0 Å². The van der Waals surface area contributed by atoms with Crippen molar-refractivity contribution in [3.63, 3.8) is 0 Å². The summed E-state index contributed by atoms with van der Waals surface area (Å²) >= 11 is 9.18. The zero-order valence-electron chi connectivity index (χ0n) is 9.86. The highest BCUT2D eigenvalue weighted by Crippen LogP contribution is 2.12. The van der Waals surface area contributed by atoms with E-state index in [9.17, 15) is 4.79 Å². The van der Waals surface area contributed by atoms with E-state index in [0.29, 0.717) is 18.8 Å². The molecule has 0 atom stereocenters. The number of benzene rings is 1. The monoisotopic (exact) mass is 326 g/mol. The molecular weight excluding hydrogens is 316 g/mol. The standard InChI is InChI=1S/C13H12BrClN2O/c1-2-12-16-11(15)7-13(18)17(12)8-9-3-5-10(14)6-4-9/h3-7H,2,8H2,1H3. The number of nitrogens with zero attached hydrogens (tertiary/aromatic N) is 2. The van der Waals surface area contributed by atoms with Gasteiger partial charge in [-0.1, -0.05) is 46.6 Å². The van der Waals surface area contributed by atoms with Crippen molar-refractivity contribution in [2.45, 2.75) is 19.9 Å². The van der Waals surface area contributed by atoms with Crippen molar-refractivity contribution in [1.82, 2.24) is 9.55 Å². The highest BCUT2D eigenvalue weighted by Gasteiger charge is 2.06. The third kappa shape index (κ3) is 3.00. The molecular formula is C13H12BrClN2O. The van der Waals surface area contributed by atoms with Crippen molar-refractivity contribution in [3.8, 4) is 0 Å². The number of halogens is 2. The van der Waals surface area contributed by atoms with Crippen molar-refractivity contribution < 1.29 is 0 Å². The third-order valence-corrected chi connectivity index (χ3v) is 3.35. The van der Waals surface area contributed by atoms with Gasteiger partial charge in [0.2, 0.25) is 0 Å². The summed E-state index contributed by atoms with van der Waals surface area (Å²) in [7, 11) is 0. The lowest BCUT2D eigenvalue weighted by Crippen LogP contribution is -2.24. The van der Waals surface area contributed by atoms with Crippen molar-refractivity contribution in [3.05, 3.63) is 61.7 Å². The topological polar surface area (TPSA) is 34.9 Å². The molecule has 0 saturated heterocycles. The average Bonchev–Trinajstić information content (AvgIpc) is 2.34. The van der Waals surface area contributed by atoms with E-state index in [2.05, 4.69) is 20.9 Å². The molecule has 0 aliphatic heterocycles. The molecule has 1 heterocycles. The van der Waals surface area contributed by atoms with Crippen molar-refractivity contribution in [1.29, 1.82) is 0 Å². The summed E-state index contributed by atoms with van der Waals surface area (Å²) in [6.07, 6.45) is 0.673. The smallest absolute Gasteiger partial charge is 0.255 e. The summed E-state index contributed by atoms with van der Waals surface area (Å²) in [4.78, 5) is 16.1. The van der Waals surface area contributed by atoms with Crippen LogP contribution in [0.2, 0.25) is 5.15 Å². The Balaban J connectivity index is 2.39. The number of hydrogen-bond acceptors (Lipinski definition) is 2. The Bertz CT molecular complexity index is 607. The summed E-state index contributed by atoms with van der Waals surface area (Å²) in [6.45, 7) is 2.47. The Kier molecular flexibility index (Phi) is 4.19. The normalized spacial score (nSPS) is 10.6. The van der Waals surface area contributed by atoms with Crippen LogP contribution in [-0.4, -0.2) is 9.55 Å². The van der Waals surface area contributed by atoms with E-state index in [0.717, 1.165) is 10.0 Å². The molecule has 0 amide bonds. The second-order valence-corrected chi connectivity index (χ2v) is 5.20. The first kappa shape index (κ1) is 13.3. The summed E-state index contributed by atoms with van der Waals surface area (Å²) in [5, 5.41) is 0.254. The zero-order chi connectivity index (χ0) is 13.1. The molecule has 0 spiro atoms. The summed E-state index contributed by atoms with van der Waals surface area (Å²) in [6, 6.07) is 9.21. The van der Waals surface area contributed by atoms with Gasteiger partial charge in [-0.2, -0.15) is 0 Å². The SMILES string of the molecule is CCc1nc(Cl)cc(=O)n1Cc1ccc(Br)cc1. The van der Waals surface area contributed by atoms with E-state index in [-0.39, 0.29) is 10.7 Å². The highest BCUT2D eigenvalue weighted by molar-refractivity contribution is 9.10. The minimum Gasteiger partial charge on any atom is -0.292 e. The molecule has 0 aliphatic carbocycles. The van der Waals surface area contributed by atoms with Gasteiger partial charge in [-0.25, -0.2) is 4.98 Å². The average molecular weight is 328 g/mol. The molecule has 0 unspecified atom stereocenters. The Labute approximate surface area is 119 Å². The van der Waals surface area contributed by atoms with Crippen molar-refractivity contribution >= 4 is 27.5 Å². The van der Waals surface area contributed by atoms with Crippen LogP contribution in [0, 0.1) is 0 Å². The van der Waals surface area contributed by atoms with E-state index in [4.69, 9.17) is 11.6 Å². The van der Waals surface area contributed by atoms with Gasteiger partial charge in [0.25, 0.3) is 5.56 Å². The molecule has 0 fully saturated rings. The molecule has 2 rings (SSSR count). The van der Waals surface area contributed by atoms with E-state index < -0.39 is 0 Å². The van der Waals surface area contributed by atoms with E-state index in [1.165, 1.54) is 6.07 Å². The lowest BCUT2D eigenvalue weighted by atomic mass is 10.2. The van der Waals surface area contributed by atoms with Gasteiger partial charge in [0.05, 0.1) is 6.54 Å². The minimum atomic E-state index is -0.116. The number of hydrogen-bond donors (Lipinski definition) is 0. The molecule has 0 bridgehead atoms. The molecule has 2 aromatic rings. The van der Waals surface area contributed by atoms with Crippen LogP contribution in [0.25, 0.3) is 0 Å². The van der Waals surface area contributed by atoms with Crippen LogP contribution in [0.3, 0.4) is 0 Å².